The molecule has 2 amide bonds. The van der Waals surface area contributed by atoms with Crippen LogP contribution in [0, 0.1) is 0 Å². The summed E-state index contributed by atoms with van der Waals surface area (Å²) in [7, 11) is 0. The molecule has 0 aromatic heterocycles. The van der Waals surface area contributed by atoms with E-state index in [9.17, 15) is 9.59 Å². The van der Waals surface area contributed by atoms with Crippen molar-refractivity contribution in [3.8, 4) is 0 Å². The lowest BCUT2D eigenvalue weighted by Gasteiger charge is -2.16. The summed E-state index contributed by atoms with van der Waals surface area (Å²) in [6, 6.07) is 7.41. The van der Waals surface area contributed by atoms with E-state index >= 15 is 0 Å². The maximum absolute atomic E-state index is 11.9. The van der Waals surface area contributed by atoms with Crippen LogP contribution in [0.3, 0.4) is 0 Å². The van der Waals surface area contributed by atoms with Crippen LogP contribution in [-0.2, 0) is 4.79 Å². The molecule has 2 rings (SSSR count). The van der Waals surface area contributed by atoms with Crippen LogP contribution >= 0.6 is 0 Å². The highest BCUT2D eigenvalue weighted by atomic mass is 16.2. The Morgan fingerprint density at radius 3 is 2.58 bits per heavy atom. The molecule has 1 heterocycles. The Morgan fingerprint density at radius 1 is 1.37 bits per heavy atom. The smallest absolute Gasteiger partial charge is 0.251 e. The highest BCUT2D eigenvalue weighted by molar-refractivity contribution is 5.97. The number of hydrogen-bond acceptors (Lipinski definition) is 2. The molecule has 4 nitrogen and oxygen atoms in total. The minimum atomic E-state index is -0.0614. The van der Waals surface area contributed by atoms with Gasteiger partial charge in [-0.25, -0.2) is 0 Å². The van der Waals surface area contributed by atoms with Gasteiger partial charge in [0.15, 0.2) is 0 Å². The van der Waals surface area contributed by atoms with Crippen molar-refractivity contribution < 1.29 is 9.59 Å². The van der Waals surface area contributed by atoms with Crippen molar-refractivity contribution in [2.75, 3.05) is 11.4 Å². The van der Waals surface area contributed by atoms with Gasteiger partial charge in [-0.1, -0.05) is 6.92 Å². The van der Waals surface area contributed by atoms with E-state index in [1.54, 1.807) is 17.0 Å². The fourth-order valence-corrected chi connectivity index (χ4v) is 2.12. The van der Waals surface area contributed by atoms with Gasteiger partial charge in [0.2, 0.25) is 5.91 Å². The molecule has 1 saturated heterocycles. The molecule has 1 N–H and O–H groups in total. The third kappa shape index (κ3) is 3.13. The van der Waals surface area contributed by atoms with E-state index in [2.05, 4.69) is 5.32 Å². The Balaban J connectivity index is 2.06. The summed E-state index contributed by atoms with van der Waals surface area (Å²) in [6.07, 6.45) is 2.44. The number of rotatable bonds is 4. The first-order valence-corrected chi connectivity index (χ1v) is 6.83. The van der Waals surface area contributed by atoms with Gasteiger partial charge in [-0.3, -0.25) is 9.59 Å². The van der Waals surface area contributed by atoms with Gasteiger partial charge in [-0.05, 0) is 44.0 Å². The third-order valence-corrected chi connectivity index (χ3v) is 3.50. The number of benzene rings is 1. The molecule has 0 spiro atoms. The molecule has 0 aliphatic carbocycles. The maximum Gasteiger partial charge on any atom is 0.251 e. The number of nitrogens with one attached hydrogen (secondary N) is 1. The monoisotopic (exact) mass is 260 g/mol. The lowest BCUT2D eigenvalue weighted by Crippen LogP contribution is -2.32. The first kappa shape index (κ1) is 13.6. The first-order chi connectivity index (χ1) is 9.11. The predicted molar refractivity (Wildman–Crippen MR) is 75.2 cm³/mol. The van der Waals surface area contributed by atoms with Gasteiger partial charge in [0, 0.05) is 30.3 Å². The van der Waals surface area contributed by atoms with Crippen molar-refractivity contribution >= 4 is 17.5 Å². The van der Waals surface area contributed by atoms with Crippen LogP contribution in [0.15, 0.2) is 24.3 Å². The summed E-state index contributed by atoms with van der Waals surface area (Å²) in [5.41, 5.74) is 1.51. The number of anilines is 1. The topological polar surface area (TPSA) is 49.4 Å². The number of hydrogen-bond donors (Lipinski definition) is 1. The highest BCUT2D eigenvalue weighted by Gasteiger charge is 2.21. The summed E-state index contributed by atoms with van der Waals surface area (Å²) in [4.78, 5) is 25.3. The number of nitrogens with zero attached hydrogens (tertiary/aromatic N) is 1. The van der Waals surface area contributed by atoms with Crippen molar-refractivity contribution in [2.45, 2.75) is 39.2 Å². The van der Waals surface area contributed by atoms with Crippen molar-refractivity contribution in [2.24, 2.45) is 0 Å². The molecule has 1 fully saturated rings. The zero-order valence-electron chi connectivity index (χ0n) is 11.5. The summed E-state index contributed by atoms with van der Waals surface area (Å²) in [6.45, 7) is 4.79. The van der Waals surface area contributed by atoms with Gasteiger partial charge in [0.25, 0.3) is 5.91 Å². The summed E-state index contributed by atoms with van der Waals surface area (Å²) in [5, 5.41) is 2.92. The second-order valence-electron chi connectivity index (χ2n) is 4.98. The number of carbonyl (C=O) groups excluding carboxylic acids is 2. The van der Waals surface area contributed by atoms with Crippen LogP contribution in [0.5, 0.6) is 0 Å². The van der Waals surface area contributed by atoms with E-state index in [0.29, 0.717) is 12.0 Å². The van der Waals surface area contributed by atoms with E-state index in [4.69, 9.17) is 0 Å². The molecule has 102 valence electrons. The molecule has 1 aliphatic rings. The number of carbonyl (C=O) groups is 2. The molecule has 4 heteroatoms. The minimum absolute atomic E-state index is 0.0614. The van der Waals surface area contributed by atoms with Crippen molar-refractivity contribution in [3.63, 3.8) is 0 Å². The molecule has 1 atom stereocenters. The summed E-state index contributed by atoms with van der Waals surface area (Å²) < 4.78 is 0. The van der Waals surface area contributed by atoms with Gasteiger partial charge in [0.1, 0.15) is 0 Å². The van der Waals surface area contributed by atoms with Crippen LogP contribution in [0.1, 0.15) is 43.5 Å². The van der Waals surface area contributed by atoms with Gasteiger partial charge in [-0.15, -0.1) is 0 Å². The Kier molecular flexibility index (Phi) is 4.20. The fraction of sp³-hybridized carbons (Fsp3) is 0.467. The lowest BCUT2D eigenvalue weighted by molar-refractivity contribution is -0.117. The molecular weight excluding hydrogens is 240 g/mol. The average Bonchev–Trinajstić information content (AvgIpc) is 2.85. The minimum Gasteiger partial charge on any atom is -0.350 e. The van der Waals surface area contributed by atoms with Crippen LogP contribution in [0.25, 0.3) is 0 Å². The van der Waals surface area contributed by atoms with Gasteiger partial charge in [-0.2, -0.15) is 0 Å². The van der Waals surface area contributed by atoms with Crippen molar-refractivity contribution in [3.05, 3.63) is 29.8 Å². The second-order valence-corrected chi connectivity index (χ2v) is 4.98. The summed E-state index contributed by atoms with van der Waals surface area (Å²) in [5.74, 6) is 0.102. The van der Waals surface area contributed by atoms with Gasteiger partial charge in [0.05, 0.1) is 0 Å². The Morgan fingerprint density at radius 2 is 2.05 bits per heavy atom. The Hall–Kier alpha value is -1.84. The number of amides is 2. The van der Waals surface area contributed by atoms with Crippen LogP contribution in [0.4, 0.5) is 5.69 Å². The van der Waals surface area contributed by atoms with Gasteiger partial charge >= 0.3 is 0 Å². The van der Waals surface area contributed by atoms with Crippen molar-refractivity contribution in [1.82, 2.24) is 5.32 Å². The standard InChI is InChI=1S/C15H20N2O2/c1-3-11(2)16-15(19)12-6-8-13(9-7-12)17-10-4-5-14(17)18/h6-9,11H,3-5,10H2,1-2H3,(H,16,19). The van der Waals surface area contributed by atoms with E-state index in [-0.39, 0.29) is 17.9 Å². The van der Waals surface area contributed by atoms with E-state index in [0.717, 1.165) is 25.1 Å². The third-order valence-electron chi connectivity index (χ3n) is 3.50. The summed E-state index contributed by atoms with van der Waals surface area (Å²) >= 11 is 0. The van der Waals surface area contributed by atoms with Crippen molar-refractivity contribution in [1.29, 1.82) is 0 Å². The van der Waals surface area contributed by atoms with Crippen LogP contribution in [-0.4, -0.2) is 24.4 Å². The zero-order chi connectivity index (χ0) is 13.8. The molecule has 1 unspecified atom stereocenters. The average molecular weight is 260 g/mol. The lowest BCUT2D eigenvalue weighted by atomic mass is 10.1. The molecule has 0 saturated carbocycles. The second kappa shape index (κ2) is 5.87. The molecule has 0 bridgehead atoms. The quantitative estimate of drug-likeness (QED) is 0.903. The Bertz CT molecular complexity index is 468. The van der Waals surface area contributed by atoms with E-state index < -0.39 is 0 Å². The molecule has 19 heavy (non-hydrogen) atoms. The molecule has 1 aromatic carbocycles. The SMILES string of the molecule is CCC(C)NC(=O)c1ccc(N2CCCC2=O)cc1. The molecule has 0 radical (unpaired) electrons. The molecule has 1 aromatic rings. The highest BCUT2D eigenvalue weighted by Crippen LogP contribution is 2.21. The first-order valence-electron chi connectivity index (χ1n) is 6.83. The van der Waals surface area contributed by atoms with Crippen LogP contribution < -0.4 is 10.2 Å². The fourth-order valence-electron chi connectivity index (χ4n) is 2.12. The molecular formula is C15H20N2O2. The zero-order valence-corrected chi connectivity index (χ0v) is 11.5. The van der Waals surface area contributed by atoms with E-state index in [1.165, 1.54) is 0 Å². The largest absolute Gasteiger partial charge is 0.350 e. The predicted octanol–water partition coefficient (Wildman–Crippen LogP) is 2.34. The maximum atomic E-state index is 11.9. The van der Waals surface area contributed by atoms with Gasteiger partial charge < -0.3 is 10.2 Å². The van der Waals surface area contributed by atoms with Crippen LogP contribution in [0.2, 0.25) is 0 Å². The normalized spacial score (nSPS) is 16.5. The molecule has 1 aliphatic heterocycles. The van der Waals surface area contributed by atoms with E-state index in [1.807, 2.05) is 26.0 Å². The Labute approximate surface area is 113 Å².